The van der Waals surface area contributed by atoms with Crippen LogP contribution in [0.3, 0.4) is 0 Å². The zero-order valence-corrected chi connectivity index (χ0v) is 12.1. The minimum absolute atomic E-state index is 0.119. The summed E-state index contributed by atoms with van der Waals surface area (Å²) >= 11 is 0. The van der Waals surface area contributed by atoms with Gasteiger partial charge in [-0.05, 0) is 58.2 Å². The van der Waals surface area contributed by atoms with Crippen molar-refractivity contribution in [1.82, 2.24) is 10.4 Å². The second-order valence-corrected chi connectivity index (χ2v) is 5.40. The molecule has 102 valence electrons. The van der Waals surface area contributed by atoms with Crippen LogP contribution in [0.1, 0.15) is 49.7 Å². The van der Waals surface area contributed by atoms with E-state index < -0.39 is 0 Å². The first-order valence-electron chi connectivity index (χ1n) is 6.34. The summed E-state index contributed by atoms with van der Waals surface area (Å²) in [6.07, 6.45) is 1.87. The molecule has 0 bridgehead atoms. The highest BCUT2D eigenvalue weighted by Crippen LogP contribution is 2.24. The molecule has 0 fully saturated rings. The maximum Gasteiger partial charge on any atom is 0.0623 e. The third kappa shape index (κ3) is 4.37. The molecular weight excluding hydrogens is 226 g/mol. The van der Waals surface area contributed by atoms with Crippen LogP contribution >= 0.6 is 0 Å². The number of nitrogens with zero attached hydrogens (tertiary/aromatic N) is 1. The number of pyridine rings is 1. The normalized spacial score (nSPS) is 13.7. The number of rotatable bonds is 6. The zero-order chi connectivity index (χ0) is 13.8. The Morgan fingerprint density at radius 2 is 1.89 bits per heavy atom. The van der Waals surface area contributed by atoms with Crippen LogP contribution in [-0.4, -0.2) is 17.7 Å². The molecule has 0 aromatic carbocycles. The van der Waals surface area contributed by atoms with Crippen LogP contribution in [0.25, 0.3) is 0 Å². The van der Waals surface area contributed by atoms with Crippen molar-refractivity contribution in [1.29, 1.82) is 0 Å². The van der Waals surface area contributed by atoms with E-state index in [9.17, 15) is 0 Å². The molecule has 0 saturated carbocycles. The Balaban J connectivity index is 2.77. The smallest absolute Gasteiger partial charge is 0.0623 e. The second-order valence-electron chi connectivity index (χ2n) is 5.40. The van der Waals surface area contributed by atoms with Gasteiger partial charge in [-0.3, -0.25) is 16.3 Å². The van der Waals surface area contributed by atoms with Crippen LogP contribution in [0.5, 0.6) is 0 Å². The first-order valence-corrected chi connectivity index (χ1v) is 6.34. The molecule has 1 heterocycles. The molecule has 1 aromatic heterocycles. The van der Waals surface area contributed by atoms with Gasteiger partial charge in [-0.25, -0.2) is 0 Å². The van der Waals surface area contributed by atoms with Crippen molar-refractivity contribution in [3.63, 3.8) is 0 Å². The molecule has 18 heavy (non-hydrogen) atoms. The van der Waals surface area contributed by atoms with Crippen LogP contribution in [0, 0.1) is 13.8 Å². The average molecular weight is 251 g/mol. The molecule has 1 aromatic rings. The predicted octanol–water partition coefficient (Wildman–Crippen LogP) is 2.41. The quantitative estimate of drug-likeness (QED) is 0.602. The van der Waals surface area contributed by atoms with E-state index in [0.717, 1.165) is 24.2 Å². The lowest BCUT2D eigenvalue weighted by Crippen LogP contribution is -2.31. The summed E-state index contributed by atoms with van der Waals surface area (Å²) in [6, 6.07) is 4.30. The molecule has 0 spiro atoms. The lowest BCUT2D eigenvalue weighted by Gasteiger charge is -2.26. The first-order chi connectivity index (χ1) is 8.38. The maximum atomic E-state index is 5.66. The van der Waals surface area contributed by atoms with Gasteiger partial charge < -0.3 is 4.74 Å². The molecule has 4 heteroatoms. The second kappa shape index (κ2) is 6.27. The van der Waals surface area contributed by atoms with E-state index in [2.05, 4.69) is 36.4 Å². The van der Waals surface area contributed by atoms with E-state index >= 15 is 0 Å². The summed E-state index contributed by atoms with van der Waals surface area (Å²) in [5.41, 5.74) is 6.01. The highest BCUT2D eigenvalue weighted by Gasteiger charge is 2.20. The van der Waals surface area contributed by atoms with Gasteiger partial charge in [0.05, 0.1) is 5.60 Å². The van der Waals surface area contributed by atoms with Crippen molar-refractivity contribution in [2.75, 3.05) is 7.11 Å². The Morgan fingerprint density at radius 1 is 1.33 bits per heavy atom. The molecule has 1 unspecified atom stereocenters. The van der Waals surface area contributed by atoms with Crippen LogP contribution in [-0.2, 0) is 4.74 Å². The van der Waals surface area contributed by atoms with Gasteiger partial charge >= 0.3 is 0 Å². The highest BCUT2D eigenvalue weighted by atomic mass is 16.5. The standard InChI is InChI=1S/C14H25N3O/c1-10-8-12(9-11(2)16-10)13(17-15)6-7-14(3,4)18-5/h8-9,13,17H,6-7,15H2,1-5H3. The molecule has 3 N–H and O–H groups in total. The average Bonchev–Trinajstić information content (AvgIpc) is 2.28. The molecular formula is C14H25N3O. The van der Waals surface area contributed by atoms with Crippen molar-refractivity contribution in [3.05, 3.63) is 29.1 Å². The fourth-order valence-corrected chi connectivity index (χ4v) is 2.01. The van der Waals surface area contributed by atoms with Crippen LogP contribution in [0.4, 0.5) is 0 Å². The number of nitrogens with two attached hydrogens (primary N) is 1. The van der Waals surface area contributed by atoms with Gasteiger partial charge in [-0.2, -0.15) is 0 Å². The van der Waals surface area contributed by atoms with Crippen LogP contribution < -0.4 is 11.3 Å². The first kappa shape index (κ1) is 15.1. The fraction of sp³-hybridized carbons (Fsp3) is 0.643. The molecule has 0 saturated heterocycles. The Morgan fingerprint density at radius 3 is 2.33 bits per heavy atom. The van der Waals surface area contributed by atoms with Gasteiger partial charge in [-0.1, -0.05) is 0 Å². The van der Waals surface area contributed by atoms with Crippen molar-refractivity contribution in [3.8, 4) is 0 Å². The Labute approximate surface area is 110 Å². The summed E-state index contributed by atoms with van der Waals surface area (Å²) in [7, 11) is 1.74. The molecule has 4 nitrogen and oxygen atoms in total. The largest absolute Gasteiger partial charge is 0.379 e. The molecule has 0 aliphatic carbocycles. The third-order valence-corrected chi connectivity index (χ3v) is 3.30. The van der Waals surface area contributed by atoms with Gasteiger partial charge in [0.25, 0.3) is 0 Å². The molecule has 0 radical (unpaired) electrons. The van der Waals surface area contributed by atoms with Gasteiger partial charge in [0.1, 0.15) is 0 Å². The zero-order valence-electron chi connectivity index (χ0n) is 12.1. The maximum absolute atomic E-state index is 5.66. The molecule has 0 aliphatic rings. The van der Waals surface area contributed by atoms with Crippen molar-refractivity contribution >= 4 is 0 Å². The fourth-order valence-electron chi connectivity index (χ4n) is 2.01. The van der Waals surface area contributed by atoms with E-state index in [1.54, 1.807) is 7.11 Å². The van der Waals surface area contributed by atoms with E-state index in [-0.39, 0.29) is 11.6 Å². The number of hydrogen-bond donors (Lipinski definition) is 2. The number of methoxy groups -OCH3 is 1. The SMILES string of the molecule is COC(C)(C)CCC(NN)c1cc(C)nc(C)c1. The predicted molar refractivity (Wildman–Crippen MR) is 74.1 cm³/mol. The molecule has 1 atom stereocenters. The van der Waals surface area contributed by atoms with Gasteiger partial charge in [0, 0.05) is 24.5 Å². The molecule has 1 rings (SSSR count). The van der Waals surface area contributed by atoms with Gasteiger partial charge in [0.2, 0.25) is 0 Å². The monoisotopic (exact) mass is 251 g/mol. The lowest BCUT2D eigenvalue weighted by atomic mass is 9.95. The Hall–Kier alpha value is -0.970. The Bertz CT molecular complexity index is 370. The minimum atomic E-state index is -0.119. The lowest BCUT2D eigenvalue weighted by molar-refractivity contribution is 0.0117. The van der Waals surface area contributed by atoms with Crippen molar-refractivity contribution in [2.45, 2.75) is 52.2 Å². The van der Waals surface area contributed by atoms with Crippen molar-refractivity contribution in [2.24, 2.45) is 5.84 Å². The van der Waals surface area contributed by atoms with E-state index in [4.69, 9.17) is 10.6 Å². The Kier molecular flexibility index (Phi) is 5.26. The summed E-state index contributed by atoms with van der Waals surface area (Å²) in [5, 5.41) is 0. The topological polar surface area (TPSA) is 60.2 Å². The van der Waals surface area contributed by atoms with E-state index in [0.29, 0.717) is 0 Å². The summed E-state index contributed by atoms with van der Waals surface area (Å²) < 4.78 is 5.43. The molecule has 0 amide bonds. The molecule has 0 aliphatic heterocycles. The number of ether oxygens (including phenoxy) is 1. The number of nitrogens with one attached hydrogen (secondary N) is 1. The number of aryl methyl sites for hydroxylation is 2. The van der Waals surface area contributed by atoms with E-state index in [1.165, 1.54) is 5.56 Å². The summed E-state index contributed by atoms with van der Waals surface area (Å²) in [4.78, 5) is 4.38. The number of hydrazine groups is 1. The number of hydrogen-bond acceptors (Lipinski definition) is 4. The van der Waals surface area contributed by atoms with Crippen LogP contribution in [0.2, 0.25) is 0 Å². The van der Waals surface area contributed by atoms with Crippen molar-refractivity contribution < 1.29 is 4.74 Å². The minimum Gasteiger partial charge on any atom is -0.379 e. The van der Waals surface area contributed by atoms with Gasteiger partial charge in [0.15, 0.2) is 0 Å². The van der Waals surface area contributed by atoms with E-state index in [1.807, 2.05) is 13.8 Å². The number of aromatic nitrogens is 1. The summed E-state index contributed by atoms with van der Waals surface area (Å²) in [5.74, 6) is 5.66. The third-order valence-electron chi connectivity index (χ3n) is 3.30. The summed E-state index contributed by atoms with van der Waals surface area (Å²) in [6.45, 7) is 8.18. The van der Waals surface area contributed by atoms with Gasteiger partial charge in [-0.15, -0.1) is 0 Å². The van der Waals surface area contributed by atoms with Crippen LogP contribution in [0.15, 0.2) is 12.1 Å². The highest BCUT2D eigenvalue weighted by molar-refractivity contribution is 5.23.